The topological polar surface area (TPSA) is 84.6 Å². The molecule has 6 nitrogen and oxygen atoms in total. The molecule has 4 aromatic rings. The zero-order valence-corrected chi connectivity index (χ0v) is 16.6. The summed E-state index contributed by atoms with van der Waals surface area (Å²) in [5.74, 6) is -2.52. The summed E-state index contributed by atoms with van der Waals surface area (Å²) >= 11 is 7.21. The molecule has 0 fully saturated rings. The molecule has 4 rings (SSSR count). The van der Waals surface area contributed by atoms with E-state index in [2.05, 4.69) is 4.98 Å². The summed E-state index contributed by atoms with van der Waals surface area (Å²) in [5.41, 5.74) is 0.378. The summed E-state index contributed by atoms with van der Waals surface area (Å²) in [7, 11) is 1.33. The SMILES string of the molecule is COCC(=O)c1c(O)c(O)n(-c2nc3ccc(Cl)cc3s2)c1-c1ccccc1F. The molecule has 0 atom stereocenters. The van der Waals surface area contributed by atoms with Crippen LogP contribution in [0.15, 0.2) is 42.5 Å². The number of thiazole rings is 1. The van der Waals surface area contributed by atoms with Gasteiger partial charge in [-0.1, -0.05) is 35.1 Å². The highest BCUT2D eigenvalue weighted by Gasteiger charge is 2.31. The minimum absolute atomic E-state index is 0.00898. The lowest BCUT2D eigenvalue weighted by molar-refractivity contribution is 0.0846. The number of aromatic nitrogens is 2. The summed E-state index contributed by atoms with van der Waals surface area (Å²) in [6.45, 7) is -0.353. The smallest absolute Gasteiger partial charge is 0.242 e. The normalized spacial score (nSPS) is 11.3. The minimum atomic E-state index is -0.664. The van der Waals surface area contributed by atoms with E-state index < -0.39 is 23.2 Å². The van der Waals surface area contributed by atoms with E-state index in [1.807, 2.05) is 0 Å². The summed E-state index contributed by atoms with van der Waals surface area (Å²) in [6.07, 6.45) is 0. The van der Waals surface area contributed by atoms with Gasteiger partial charge in [-0.3, -0.25) is 9.36 Å². The van der Waals surface area contributed by atoms with Crippen molar-refractivity contribution in [2.75, 3.05) is 13.7 Å². The van der Waals surface area contributed by atoms with Crippen molar-refractivity contribution in [3.8, 4) is 28.0 Å². The van der Waals surface area contributed by atoms with Gasteiger partial charge in [0.2, 0.25) is 5.88 Å². The Morgan fingerprint density at radius 2 is 2.03 bits per heavy atom. The number of methoxy groups -OCH3 is 1. The molecule has 2 aromatic heterocycles. The van der Waals surface area contributed by atoms with E-state index in [9.17, 15) is 19.4 Å². The van der Waals surface area contributed by atoms with Gasteiger partial charge in [0, 0.05) is 17.7 Å². The molecule has 0 spiro atoms. The summed E-state index contributed by atoms with van der Waals surface area (Å²) in [5, 5.41) is 21.9. The van der Waals surface area contributed by atoms with Gasteiger partial charge >= 0.3 is 0 Å². The Balaban J connectivity index is 2.06. The highest BCUT2D eigenvalue weighted by molar-refractivity contribution is 7.20. The van der Waals surface area contributed by atoms with E-state index in [0.29, 0.717) is 10.5 Å². The molecule has 2 N–H and O–H groups in total. The molecule has 0 aliphatic rings. The predicted octanol–water partition coefficient (Wildman–Crippen LogP) is 4.79. The summed E-state index contributed by atoms with van der Waals surface area (Å²) in [4.78, 5) is 17.1. The highest BCUT2D eigenvalue weighted by atomic mass is 35.5. The quantitative estimate of drug-likeness (QED) is 0.443. The van der Waals surface area contributed by atoms with E-state index >= 15 is 0 Å². The molecule has 0 radical (unpaired) electrons. The van der Waals surface area contributed by atoms with Crippen LogP contribution in [0.4, 0.5) is 4.39 Å². The maximum absolute atomic E-state index is 14.6. The molecular weight excluding hydrogens is 419 g/mol. The number of fused-ring (bicyclic) bond motifs is 1. The van der Waals surface area contributed by atoms with Crippen molar-refractivity contribution in [1.29, 1.82) is 0 Å². The third-order valence-electron chi connectivity index (χ3n) is 4.33. The molecule has 0 saturated heterocycles. The largest absolute Gasteiger partial charge is 0.503 e. The number of rotatable bonds is 5. The highest BCUT2D eigenvalue weighted by Crippen LogP contribution is 2.45. The Hall–Kier alpha value is -2.94. The van der Waals surface area contributed by atoms with Gasteiger partial charge in [0.25, 0.3) is 0 Å². The molecule has 0 unspecified atom stereocenters. The van der Waals surface area contributed by atoms with Crippen molar-refractivity contribution in [3.63, 3.8) is 0 Å². The maximum Gasteiger partial charge on any atom is 0.242 e. The predicted molar refractivity (Wildman–Crippen MR) is 109 cm³/mol. The third-order valence-corrected chi connectivity index (χ3v) is 5.57. The zero-order valence-electron chi connectivity index (χ0n) is 15.0. The van der Waals surface area contributed by atoms with Crippen LogP contribution in [0, 0.1) is 5.82 Å². The van der Waals surface area contributed by atoms with Crippen LogP contribution >= 0.6 is 22.9 Å². The minimum Gasteiger partial charge on any atom is -0.503 e. The first-order valence-electron chi connectivity index (χ1n) is 8.42. The van der Waals surface area contributed by atoms with E-state index in [1.165, 1.54) is 36.6 Å². The monoisotopic (exact) mass is 432 g/mol. The Kier molecular flexibility index (Phi) is 4.99. The molecule has 0 aliphatic carbocycles. The van der Waals surface area contributed by atoms with Gasteiger partial charge in [-0.05, 0) is 30.3 Å². The van der Waals surface area contributed by atoms with Crippen molar-refractivity contribution < 1.29 is 24.1 Å². The van der Waals surface area contributed by atoms with Crippen molar-refractivity contribution >= 4 is 38.9 Å². The third kappa shape index (κ3) is 3.25. The molecule has 9 heteroatoms. The van der Waals surface area contributed by atoms with E-state index in [-0.39, 0.29) is 28.6 Å². The van der Waals surface area contributed by atoms with Gasteiger partial charge in [-0.15, -0.1) is 0 Å². The Morgan fingerprint density at radius 1 is 1.28 bits per heavy atom. The number of hydrogen-bond acceptors (Lipinski definition) is 6. The zero-order chi connectivity index (χ0) is 20.7. The average Bonchev–Trinajstić information content (AvgIpc) is 3.20. The van der Waals surface area contributed by atoms with E-state index in [0.717, 1.165) is 9.27 Å². The number of ether oxygens (including phenoxy) is 1. The van der Waals surface area contributed by atoms with Gasteiger partial charge in [0.15, 0.2) is 16.7 Å². The number of Topliss-reactive ketones (excluding diaryl/α,β-unsaturated/α-hetero) is 1. The van der Waals surface area contributed by atoms with Gasteiger partial charge < -0.3 is 14.9 Å². The molecular formula is C20H14ClFN2O4S. The van der Waals surface area contributed by atoms with Gasteiger partial charge in [0.1, 0.15) is 12.4 Å². The Bertz CT molecular complexity index is 1250. The fourth-order valence-electron chi connectivity index (χ4n) is 3.09. The number of carbonyl (C=O) groups is 1. The van der Waals surface area contributed by atoms with Crippen molar-refractivity contribution in [2.24, 2.45) is 0 Å². The molecule has 0 bridgehead atoms. The van der Waals surface area contributed by atoms with Crippen LogP contribution in [0.25, 0.3) is 26.6 Å². The van der Waals surface area contributed by atoms with Crippen molar-refractivity contribution in [1.82, 2.24) is 9.55 Å². The second-order valence-corrected chi connectivity index (χ2v) is 7.62. The summed E-state index contributed by atoms with van der Waals surface area (Å²) < 4.78 is 21.4. The number of benzene rings is 2. The second kappa shape index (κ2) is 7.47. The van der Waals surface area contributed by atoms with Gasteiger partial charge in [0.05, 0.1) is 21.5 Å². The number of hydrogen-bond donors (Lipinski definition) is 2. The standard InChI is InChI=1S/C20H14ClFN2O4S/c1-28-9-14(25)16-17(11-4-2-3-5-12(11)22)24(19(27)18(16)26)20-23-13-7-6-10(21)8-15(13)29-20/h2-8,26-27H,9H2,1H3. The van der Waals surface area contributed by atoms with E-state index in [1.54, 1.807) is 24.3 Å². The number of nitrogens with zero attached hydrogens (tertiary/aromatic N) is 2. The van der Waals surface area contributed by atoms with Crippen LogP contribution in [0.2, 0.25) is 5.02 Å². The molecule has 29 heavy (non-hydrogen) atoms. The van der Waals surface area contributed by atoms with Crippen LogP contribution < -0.4 is 0 Å². The lowest BCUT2D eigenvalue weighted by Crippen LogP contribution is -2.09. The molecule has 0 aliphatic heterocycles. The second-order valence-electron chi connectivity index (χ2n) is 6.18. The fourth-order valence-corrected chi connectivity index (χ4v) is 4.34. The lowest BCUT2D eigenvalue weighted by Gasteiger charge is -2.10. The van der Waals surface area contributed by atoms with Crippen LogP contribution in [0.5, 0.6) is 11.6 Å². The number of carbonyl (C=O) groups excluding carboxylic acids is 1. The molecule has 2 heterocycles. The molecule has 0 amide bonds. The van der Waals surface area contributed by atoms with Crippen LogP contribution in [-0.4, -0.2) is 39.3 Å². The first-order chi connectivity index (χ1) is 13.9. The first-order valence-corrected chi connectivity index (χ1v) is 9.62. The van der Waals surface area contributed by atoms with Crippen molar-refractivity contribution in [2.45, 2.75) is 0 Å². The van der Waals surface area contributed by atoms with Crippen LogP contribution in [-0.2, 0) is 4.74 Å². The summed E-state index contributed by atoms with van der Waals surface area (Å²) in [6, 6.07) is 10.9. The molecule has 0 saturated carbocycles. The van der Waals surface area contributed by atoms with E-state index in [4.69, 9.17) is 16.3 Å². The average molecular weight is 433 g/mol. The Labute approximate surface area is 173 Å². The van der Waals surface area contributed by atoms with Gasteiger partial charge in [-0.2, -0.15) is 0 Å². The Morgan fingerprint density at radius 3 is 2.76 bits per heavy atom. The number of ketones is 1. The first kappa shape index (κ1) is 19.4. The fraction of sp³-hybridized carbons (Fsp3) is 0.100. The van der Waals surface area contributed by atoms with Crippen molar-refractivity contribution in [3.05, 3.63) is 58.9 Å². The lowest BCUT2D eigenvalue weighted by atomic mass is 10.0. The van der Waals surface area contributed by atoms with Crippen LogP contribution in [0.3, 0.4) is 0 Å². The maximum atomic E-state index is 14.6. The number of halogens is 2. The van der Waals surface area contributed by atoms with Gasteiger partial charge in [-0.25, -0.2) is 9.37 Å². The number of aromatic hydroxyl groups is 2. The molecule has 2 aromatic carbocycles. The molecule has 148 valence electrons. The van der Waals surface area contributed by atoms with Crippen LogP contribution in [0.1, 0.15) is 10.4 Å².